The summed E-state index contributed by atoms with van der Waals surface area (Å²) in [6.07, 6.45) is 2.71. The highest BCUT2D eigenvalue weighted by Gasteiger charge is 2.14. The van der Waals surface area contributed by atoms with E-state index in [9.17, 15) is 8.42 Å². The molecule has 1 aromatic rings. The Labute approximate surface area is 131 Å². The Morgan fingerprint density at radius 2 is 1.90 bits per heavy atom. The van der Waals surface area contributed by atoms with Gasteiger partial charge >= 0.3 is 0 Å². The summed E-state index contributed by atoms with van der Waals surface area (Å²) in [7, 11) is -3.17. The average molecular weight is 329 g/mol. The molecule has 0 aromatic heterocycles. The zero-order valence-corrected chi connectivity index (χ0v) is 13.8. The molecular weight excluding hydrogens is 306 g/mol. The molecule has 4 nitrogen and oxygen atoms in total. The van der Waals surface area contributed by atoms with Crippen molar-refractivity contribution in [2.45, 2.75) is 24.5 Å². The van der Waals surface area contributed by atoms with Crippen LogP contribution in [0.25, 0.3) is 0 Å². The van der Waals surface area contributed by atoms with Crippen LogP contribution < -0.4 is 4.72 Å². The third kappa shape index (κ3) is 6.82. The summed E-state index contributed by atoms with van der Waals surface area (Å²) < 4.78 is 31.8. The van der Waals surface area contributed by atoms with Crippen LogP contribution in [-0.4, -0.2) is 44.9 Å². The number of thioether (sulfide) groups is 1. The molecule has 1 aromatic carbocycles. The number of hydrogen-bond donors (Lipinski definition) is 1. The summed E-state index contributed by atoms with van der Waals surface area (Å²) in [4.78, 5) is 0. The van der Waals surface area contributed by atoms with E-state index in [4.69, 9.17) is 4.74 Å². The van der Waals surface area contributed by atoms with Gasteiger partial charge in [-0.05, 0) is 24.8 Å². The second kappa shape index (κ2) is 8.78. The molecule has 1 aliphatic heterocycles. The van der Waals surface area contributed by atoms with E-state index < -0.39 is 10.0 Å². The van der Waals surface area contributed by atoms with Crippen LogP contribution in [0.4, 0.5) is 0 Å². The number of aryl methyl sites for hydroxylation is 1. The minimum absolute atomic E-state index is 0.152. The highest BCUT2D eigenvalue weighted by molar-refractivity contribution is 8.00. The van der Waals surface area contributed by atoms with Gasteiger partial charge in [0.15, 0.2) is 0 Å². The molecule has 0 radical (unpaired) electrons. The Hall–Kier alpha value is -0.560. The molecule has 1 aliphatic rings. The highest BCUT2D eigenvalue weighted by Crippen LogP contribution is 2.21. The van der Waals surface area contributed by atoms with Crippen LogP contribution in [0.5, 0.6) is 0 Å². The number of nitrogens with one attached hydrogen (secondary N) is 1. The van der Waals surface area contributed by atoms with Gasteiger partial charge < -0.3 is 4.74 Å². The van der Waals surface area contributed by atoms with Crippen LogP contribution in [0.3, 0.4) is 0 Å². The molecule has 0 amide bonds. The molecule has 0 atom stereocenters. The number of sulfonamides is 1. The Morgan fingerprint density at radius 3 is 2.62 bits per heavy atom. The van der Waals surface area contributed by atoms with E-state index in [0.29, 0.717) is 18.2 Å². The first-order valence-corrected chi connectivity index (χ1v) is 10.1. The second-order valence-electron chi connectivity index (χ2n) is 5.13. The molecule has 0 unspecified atom stereocenters. The molecule has 2 rings (SSSR count). The van der Waals surface area contributed by atoms with Gasteiger partial charge in [0.25, 0.3) is 0 Å². The van der Waals surface area contributed by atoms with Crippen molar-refractivity contribution in [2.75, 3.05) is 31.3 Å². The molecule has 118 valence electrons. The Bertz CT molecular complexity index is 499. The lowest BCUT2D eigenvalue weighted by molar-refractivity contribution is 0.100. The van der Waals surface area contributed by atoms with Crippen molar-refractivity contribution in [1.29, 1.82) is 0 Å². The van der Waals surface area contributed by atoms with Crippen molar-refractivity contribution < 1.29 is 13.2 Å². The Morgan fingerprint density at radius 1 is 1.19 bits per heavy atom. The zero-order valence-electron chi connectivity index (χ0n) is 12.2. The van der Waals surface area contributed by atoms with Gasteiger partial charge in [0.05, 0.1) is 5.75 Å². The molecule has 1 heterocycles. The Balaban J connectivity index is 1.62. The maximum absolute atomic E-state index is 11.9. The molecule has 0 saturated carbocycles. The first-order chi connectivity index (χ1) is 10.2. The van der Waals surface area contributed by atoms with Crippen molar-refractivity contribution in [2.24, 2.45) is 0 Å². The van der Waals surface area contributed by atoms with Crippen molar-refractivity contribution in [1.82, 2.24) is 4.72 Å². The van der Waals surface area contributed by atoms with Crippen molar-refractivity contribution in [3.8, 4) is 0 Å². The number of benzene rings is 1. The fourth-order valence-corrected chi connectivity index (χ4v) is 4.50. The predicted octanol–water partition coefficient (Wildman–Crippen LogP) is 2.06. The minimum Gasteiger partial charge on any atom is -0.381 e. The molecule has 6 heteroatoms. The molecular formula is C15H23NO3S2. The van der Waals surface area contributed by atoms with Crippen LogP contribution in [0.1, 0.15) is 18.4 Å². The fraction of sp³-hybridized carbons (Fsp3) is 0.600. The normalized spacial score (nSPS) is 17.0. The molecule has 0 bridgehead atoms. The quantitative estimate of drug-likeness (QED) is 0.742. The number of rotatable bonds is 8. The molecule has 1 saturated heterocycles. The third-order valence-electron chi connectivity index (χ3n) is 3.45. The molecule has 1 N–H and O–H groups in total. The van der Waals surface area contributed by atoms with Crippen LogP contribution in [0.2, 0.25) is 0 Å². The summed E-state index contributed by atoms with van der Waals surface area (Å²) >= 11 is 1.85. The maximum atomic E-state index is 11.9. The van der Waals surface area contributed by atoms with E-state index in [1.807, 2.05) is 42.1 Å². The van der Waals surface area contributed by atoms with Gasteiger partial charge in [-0.15, -0.1) is 0 Å². The van der Waals surface area contributed by atoms with E-state index in [2.05, 4.69) is 4.72 Å². The average Bonchev–Trinajstić information content (AvgIpc) is 2.52. The monoisotopic (exact) mass is 329 g/mol. The first-order valence-electron chi connectivity index (χ1n) is 7.36. The van der Waals surface area contributed by atoms with Crippen molar-refractivity contribution >= 4 is 21.8 Å². The van der Waals surface area contributed by atoms with E-state index >= 15 is 0 Å². The second-order valence-corrected chi connectivity index (χ2v) is 8.47. The highest BCUT2D eigenvalue weighted by atomic mass is 32.2. The lowest BCUT2D eigenvalue weighted by Crippen LogP contribution is -2.30. The maximum Gasteiger partial charge on any atom is 0.211 e. The summed E-state index contributed by atoms with van der Waals surface area (Å²) in [6.45, 7) is 2.18. The summed E-state index contributed by atoms with van der Waals surface area (Å²) in [5, 5.41) is 0.618. The fourth-order valence-electron chi connectivity index (χ4n) is 2.23. The van der Waals surface area contributed by atoms with Gasteiger partial charge in [0.2, 0.25) is 10.0 Å². The first kappa shape index (κ1) is 16.8. The SMILES string of the molecule is O=S(=O)(CCc1ccccc1)NCCSC1CCOCC1. The van der Waals surface area contributed by atoms with Crippen LogP contribution in [0, 0.1) is 0 Å². The minimum atomic E-state index is -3.17. The number of ether oxygens (including phenoxy) is 1. The summed E-state index contributed by atoms with van der Waals surface area (Å²) in [5.41, 5.74) is 1.06. The third-order valence-corrected chi connectivity index (χ3v) is 6.22. The van der Waals surface area contributed by atoms with Gasteiger partial charge in [-0.2, -0.15) is 11.8 Å². The lowest BCUT2D eigenvalue weighted by Gasteiger charge is -2.21. The standard InChI is InChI=1S/C15H23NO3S2/c17-21(18,13-8-14-4-2-1-3-5-14)16-9-12-20-15-6-10-19-11-7-15/h1-5,15-16H,6-13H2. The molecule has 1 fully saturated rings. The topological polar surface area (TPSA) is 55.4 Å². The van der Waals surface area contributed by atoms with E-state index in [-0.39, 0.29) is 5.75 Å². The van der Waals surface area contributed by atoms with Crippen LogP contribution in [0.15, 0.2) is 30.3 Å². The van der Waals surface area contributed by atoms with E-state index in [1.165, 1.54) is 0 Å². The lowest BCUT2D eigenvalue weighted by atomic mass is 10.2. The van der Waals surface area contributed by atoms with Crippen molar-refractivity contribution in [3.63, 3.8) is 0 Å². The Kier molecular flexibility index (Phi) is 7.03. The molecule has 0 aliphatic carbocycles. The van der Waals surface area contributed by atoms with Crippen LogP contribution in [-0.2, 0) is 21.2 Å². The smallest absolute Gasteiger partial charge is 0.211 e. The predicted molar refractivity (Wildman–Crippen MR) is 88.2 cm³/mol. The van der Waals surface area contributed by atoms with E-state index in [0.717, 1.165) is 37.4 Å². The van der Waals surface area contributed by atoms with Gasteiger partial charge in [-0.1, -0.05) is 30.3 Å². The van der Waals surface area contributed by atoms with Gasteiger partial charge in [0, 0.05) is 30.8 Å². The number of hydrogen-bond acceptors (Lipinski definition) is 4. The van der Waals surface area contributed by atoms with Gasteiger partial charge in [0.1, 0.15) is 0 Å². The van der Waals surface area contributed by atoms with Gasteiger partial charge in [-0.3, -0.25) is 0 Å². The zero-order chi connectivity index (χ0) is 15.0. The molecule has 0 spiro atoms. The van der Waals surface area contributed by atoms with E-state index in [1.54, 1.807) is 0 Å². The summed E-state index contributed by atoms with van der Waals surface area (Å²) in [6, 6.07) is 9.70. The summed E-state index contributed by atoms with van der Waals surface area (Å²) in [5.74, 6) is 0.980. The van der Waals surface area contributed by atoms with Crippen molar-refractivity contribution in [3.05, 3.63) is 35.9 Å². The van der Waals surface area contributed by atoms with Crippen LogP contribution >= 0.6 is 11.8 Å². The van der Waals surface area contributed by atoms with Gasteiger partial charge in [-0.25, -0.2) is 13.1 Å². The largest absolute Gasteiger partial charge is 0.381 e. The molecule has 21 heavy (non-hydrogen) atoms.